The molecule has 8 nitrogen and oxygen atoms in total. The molecule has 1 aliphatic rings. The third kappa shape index (κ3) is 4.99. The summed E-state index contributed by atoms with van der Waals surface area (Å²) < 4.78 is 0. The van der Waals surface area contributed by atoms with Crippen molar-refractivity contribution in [3.05, 3.63) is 42.2 Å². The number of aliphatic hydroxyl groups excluding tert-OH is 2. The zero-order valence-corrected chi connectivity index (χ0v) is 15.2. The van der Waals surface area contributed by atoms with Crippen molar-refractivity contribution in [1.82, 2.24) is 9.97 Å². The number of anilines is 2. The molecule has 1 aromatic carbocycles. The van der Waals surface area contributed by atoms with Crippen molar-refractivity contribution in [3.8, 4) is 0 Å². The Balaban J connectivity index is 1.58. The van der Waals surface area contributed by atoms with Gasteiger partial charge in [-0.25, -0.2) is 15.5 Å². The van der Waals surface area contributed by atoms with Crippen LogP contribution >= 0.6 is 0 Å². The average Bonchev–Trinajstić information content (AvgIpc) is 3.05. The number of aliphatic hydroxyl groups is 2. The molecule has 2 aromatic rings. The van der Waals surface area contributed by atoms with Crippen molar-refractivity contribution in [1.29, 1.82) is 5.53 Å². The van der Waals surface area contributed by atoms with E-state index in [4.69, 9.17) is 5.53 Å². The minimum atomic E-state index is -0.527. The van der Waals surface area contributed by atoms with E-state index in [2.05, 4.69) is 37.8 Å². The largest absolute Gasteiger partial charge is 0.396 e. The van der Waals surface area contributed by atoms with Gasteiger partial charge < -0.3 is 20.8 Å². The van der Waals surface area contributed by atoms with Gasteiger partial charge in [-0.3, -0.25) is 0 Å². The molecule has 0 aliphatic heterocycles. The summed E-state index contributed by atoms with van der Waals surface area (Å²) >= 11 is 0. The van der Waals surface area contributed by atoms with Crippen LogP contribution in [0.5, 0.6) is 0 Å². The Kier molecular flexibility index (Phi) is 6.67. The van der Waals surface area contributed by atoms with Crippen LogP contribution in [0, 0.1) is 11.4 Å². The summed E-state index contributed by atoms with van der Waals surface area (Å²) in [6, 6.07) is 10.3. The molecule has 1 fully saturated rings. The molecule has 1 aliphatic carbocycles. The predicted molar refractivity (Wildman–Crippen MR) is 103 cm³/mol. The summed E-state index contributed by atoms with van der Waals surface area (Å²) in [6.07, 6.45) is 3.99. The molecule has 144 valence electrons. The van der Waals surface area contributed by atoms with E-state index in [9.17, 15) is 10.2 Å². The molecule has 1 saturated carbocycles. The van der Waals surface area contributed by atoms with Gasteiger partial charge in [0.1, 0.15) is 6.33 Å². The number of benzene rings is 1. The van der Waals surface area contributed by atoms with Gasteiger partial charge in [-0.05, 0) is 31.2 Å². The second-order valence-electron chi connectivity index (χ2n) is 6.87. The van der Waals surface area contributed by atoms with Gasteiger partial charge in [0.15, 0.2) is 17.3 Å². The molecule has 27 heavy (non-hydrogen) atoms. The van der Waals surface area contributed by atoms with Crippen LogP contribution in [0.4, 0.5) is 17.3 Å². The molecule has 5 N–H and O–H groups in total. The third-order valence-electron chi connectivity index (χ3n) is 4.94. The van der Waals surface area contributed by atoms with Crippen LogP contribution in [0.25, 0.3) is 0 Å². The number of hydrogen-bond acceptors (Lipinski definition) is 8. The van der Waals surface area contributed by atoms with Crippen LogP contribution in [0.2, 0.25) is 0 Å². The van der Waals surface area contributed by atoms with E-state index in [-0.39, 0.29) is 18.6 Å². The SMILES string of the molecule is N=Nc1c(NCCCc2ccccc2)ncnc1NC1CC(O)C(CO)C1. The monoisotopic (exact) mass is 370 g/mol. The lowest BCUT2D eigenvalue weighted by Crippen LogP contribution is -2.18. The first-order valence-electron chi connectivity index (χ1n) is 9.27. The Morgan fingerprint density at radius 2 is 1.93 bits per heavy atom. The highest BCUT2D eigenvalue weighted by atomic mass is 16.3. The first kappa shape index (κ1) is 19.2. The summed E-state index contributed by atoms with van der Waals surface area (Å²) in [5.74, 6) is 0.866. The zero-order chi connectivity index (χ0) is 19.1. The van der Waals surface area contributed by atoms with Crippen molar-refractivity contribution < 1.29 is 10.2 Å². The molecule has 0 bridgehead atoms. The number of hydrogen-bond donors (Lipinski definition) is 5. The van der Waals surface area contributed by atoms with Crippen LogP contribution in [0.3, 0.4) is 0 Å². The van der Waals surface area contributed by atoms with Crippen LogP contribution < -0.4 is 10.6 Å². The van der Waals surface area contributed by atoms with E-state index in [0.29, 0.717) is 36.7 Å². The number of aryl methyl sites for hydroxylation is 1. The highest BCUT2D eigenvalue weighted by Gasteiger charge is 2.33. The van der Waals surface area contributed by atoms with Gasteiger partial charge in [-0.2, -0.15) is 5.11 Å². The topological polar surface area (TPSA) is 127 Å². The molecule has 3 unspecified atom stereocenters. The molecule has 0 amide bonds. The Morgan fingerprint density at radius 1 is 1.15 bits per heavy atom. The molecule has 1 heterocycles. The normalized spacial score (nSPS) is 21.8. The van der Waals surface area contributed by atoms with E-state index in [0.717, 1.165) is 12.8 Å². The Morgan fingerprint density at radius 3 is 2.63 bits per heavy atom. The minimum Gasteiger partial charge on any atom is -0.396 e. The van der Waals surface area contributed by atoms with Crippen LogP contribution in [-0.4, -0.2) is 45.5 Å². The van der Waals surface area contributed by atoms with E-state index >= 15 is 0 Å². The van der Waals surface area contributed by atoms with E-state index in [1.54, 1.807) is 0 Å². The fourth-order valence-corrected chi connectivity index (χ4v) is 3.47. The molecule has 3 atom stereocenters. The van der Waals surface area contributed by atoms with Gasteiger partial charge in [0.25, 0.3) is 0 Å². The molecule has 0 radical (unpaired) electrons. The quantitative estimate of drug-likeness (QED) is 0.341. The van der Waals surface area contributed by atoms with E-state index in [1.807, 2.05) is 18.2 Å². The Hall–Kier alpha value is -2.58. The number of rotatable bonds is 9. The molecule has 8 heteroatoms. The van der Waals surface area contributed by atoms with Crippen LogP contribution in [0.1, 0.15) is 24.8 Å². The smallest absolute Gasteiger partial charge is 0.169 e. The minimum absolute atomic E-state index is 0.0153. The highest BCUT2D eigenvalue weighted by molar-refractivity contribution is 5.73. The maximum atomic E-state index is 9.95. The highest BCUT2D eigenvalue weighted by Crippen LogP contribution is 2.33. The third-order valence-corrected chi connectivity index (χ3v) is 4.94. The number of nitrogens with zero attached hydrogens (tertiary/aromatic N) is 3. The number of nitrogens with one attached hydrogen (secondary N) is 3. The Bertz CT molecular complexity index is 742. The van der Waals surface area contributed by atoms with E-state index in [1.165, 1.54) is 11.9 Å². The molecular formula is C19H26N6O2. The van der Waals surface area contributed by atoms with Gasteiger partial charge in [-0.15, -0.1) is 0 Å². The summed E-state index contributed by atoms with van der Waals surface area (Å²) in [5.41, 5.74) is 9.15. The van der Waals surface area contributed by atoms with Gasteiger partial charge in [0.05, 0.1) is 6.10 Å². The summed E-state index contributed by atoms with van der Waals surface area (Å²) in [6.45, 7) is 0.676. The van der Waals surface area contributed by atoms with Gasteiger partial charge >= 0.3 is 0 Å². The van der Waals surface area contributed by atoms with Gasteiger partial charge in [-0.1, -0.05) is 30.3 Å². The molecule has 3 rings (SSSR count). The second-order valence-corrected chi connectivity index (χ2v) is 6.87. The first-order valence-corrected chi connectivity index (χ1v) is 9.27. The molecule has 1 aromatic heterocycles. The average molecular weight is 370 g/mol. The first-order chi connectivity index (χ1) is 13.2. The standard InChI is InChI=1S/C19H26N6O2/c20-25-17-18(21-8-4-7-13-5-2-1-3-6-13)22-12-23-19(17)24-15-9-14(11-26)16(27)10-15/h1-3,5-6,12,14-16,20,26-27H,4,7-11H2,(H2,21,22,23,24). The summed E-state index contributed by atoms with van der Waals surface area (Å²) in [7, 11) is 0. The lowest BCUT2D eigenvalue weighted by Gasteiger charge is -2.16. The lowest BCUT2D eigenvalue weighted by molar-refractivity contribution is 0.0908. The number of aromatic nitrogens is 2. The van der Waals surface area contributed by atoms with E-state index < -0.39 is 6.10 Å². The Labute approximate surface area is 158 Å². The van der Waals surface area contributed by atoms with Crippen LogP contribution in [0.15, 0.2) is 41.8 Å². The molecule has 0 saturated heterocycles. The zero-order valence-electron chi connectivity index (χ0n) is 15.2. The van der Waals surface area contributed by atoms with Crippen molar-refractivity contribution in [2.24, 2.45) is 11.0 Å². The maximum Gasteiger partial charge on any atom is 0.169 e. The molecular weight excluding hydrogens is 344 g/mol. The lowest BCUT2D eigenvalue weighted by atomic mass is 10.1. The molecule has 0 spiro atoms. The van der Waals surface area contributed by atoms with Crippen molar-refractivity contribution in [2.45, 2.75) is 37.8 Å². The summed E-state index contributed by atoms with van der Waals surface area (Å²) in [5, 5.41) is 29.3. The van der Waals surface area contributed by atoms with Gasteiger partial charge in [0.2, 0.25) is 0 Å². The van der Waals surface area contributed by atoms with Gasteiger partial charge in [0, 0.05) is 25.1 Å². The van der Waals surface area contributed by atoms with Crippen molar-refractivity contribution in [3.63, 3.8) is 0 Å². The summed E-state index contributed by atoms with van der Waals surface area (Å²) in [4.78, 5) is 8.42. The second kappa shape index (κ2) is 9.38. The maximum absolute atomic E-state index is 9.95. The van der Waals surface area contributed by atoms with Crippen molar-refractivity contribution >= 4 is 17.3 Å². The fourth-order valence-electron chi connectivity index (χ4n) is 3.47. The van der Waals surface area contributed by atoms with Crippen LogP contribution in [-0.2, 0) is 6.42 Å². The predicted octanol–water partition coefficient (Wildman–Crippen LogP) is 2.73. The fraction of sp³-hybridized carbons (Fsp3) is 0.474. The van der Waals surface area contributed by atoms with Crippen molar-refractivity contribution in [2.75, 3.05) is 23.8 Å².